The zero-order chi connectivity index (χ0) is 12.0. The number of amides is 1. The van der Waals surface area contributed by atoms with Gasteiger partial charge in [0.2, 0.25) is 5.91 Å². The molecule has 0 heterocycles. The van der Waals surface area contributed by atoms with Gasteiger partial charge in [0.15, 0.2) is 0 Å². The molecular formula is C12H24N2OS. The summed E-state index contributed by atoms with van der Waals surface area (Å²) in [6.45, 7) is 7.13. The third-order valence-electron chi connectivity index (χ3n) is 3.54. The first kappa shape index (κ1) is 13.8. The van der Waals surface area contributed by atoms with E-state index in [1.54, 1.807) is 0 Å². The Morgan fingerprint density at radius 2 is 2.00 bits per heavy atom. The Morgan fingerprint density at radius 1 is 1.38 bits per heavy atom. The highest BCUT2D eigenvalue weighted by atomic mass is 32.2. The van der Waals surface area contributed by atoms with Gasteiger partial charge in [-0.3, -0.25) is 4.79 Å². The van der Waals surface area contributed by atoms with Gasteiger partial charge in [-0.15, -0.1) is 0 Å². The normalized spacial score (nSPS) is 17.9. The first-order chi connectivity index (χ1) is 7.67. The molecule has 0 aromatic heterocycles. The number of nitrogens with zero attached hydrogens (tertiary/aromatic N) is 1. The maximum Gasteiger partial charge on any atom is 0.236 e. The summed E-state index contributed by atoms with van der Waals surface area (Å²) in [5.74, 6) is 0.223. The van der Waals surface area contributed by atoms with E-state index in [0.717, 1.165) is 19.6 Å². The van der Waals surface area contributed by atoms with Gasteiger partial charge < -0.3 is 10.2 Å². The van der Waals surface area contributed by atoms with E-state index in [9.17, 15) is 4.79 Å². The van der Waals surface area contributed by atoms with Crippen molar-refractivity contribution in [2.75, 3.05) is 32.4 Å². The Bertz CT molecular complexity index is 220. The second-order valence-corrected chi connectivity index (χ2v) is 5.68. The van der Waals surface area contributed by atoms with Crippen LogP contribution in [0.3, 0.4) is 0 Å². The van der Waals surface area contributed by atoms with Crippen molar-refractivity contribution in [3.8, 4) is 0 Å². The highest BCUT2D eigenvalue weighted by Gasteiger charge is 2.35. The third-order valence-corrected chi connectivity index (χ3v) is 4.96. The van der Waals surface area contributed by atoms with Crippen LogP contribution in [0.2, 0.25) is 0 Å². The summed E-state index contributed by atoms with van der Waals surface area (Å²) in [6, 6.07) is 0. The molecule has 0 saturated heterocycles. The van der Waals surface area contributed by atoms with Crippen LogP contribution < -0.4 is 5.32 Å². The fourth-order valence-electron chi connectivity index (χ4n) is 2.11. The molecule has 1 N–H and O–H groups in total. The number of rotatable bonds is 7. The lowest BCUT2D eigenvalue weighted by atomic mass is 9.84. The topological polar surface area (TPSA) is 32.3 Å². The standard InChI is InChI=1S/C12H24N2OS/c1-4-14(5-2)11(15)9-13-10-12(16-3)7-6-8-12/h13H,4-10H2,1-3H3. The molecule has 1 amide bonds. The minimum absolute atomic E-state index is 0.223. The van der Waals surface area contributed by atoms with E-state index in [4.69, 9.17) is 0 Å². The van der Waals surface area contributed by atoms with Gasteiger partial charge in [-0.05, 0) is 32.9 Å². The molecule has 1 aliphatic rings. The predicted octanol–water partition coefficient (Wildman–Crippen LogP) is 1.73. The Morgan fingerprint density at radius 3 is 2.38 bits per heavy atom. The first-order valence-corrected chi connectivity index (χ1v) is 7.43. The lowest BCUT2D eigenvalue weighted by Crippen LogP contribution is -2.46. The Kier molecular flexibility index (Phi) is 5.62. The van der Waals surface area contributed by atoms with Crippen LogP contribution in [0.5, 0.6) is 0 Å². The van der Waals surface area contributed by atoms with Crippen molar-refractivity contribution < 1.29 is 4.79 Å². The summed E-state index contributed by atoms with van der Waals surface area (Å²) in [7, 11) is 0. The quantitative estimate of drug-likeness (QED) is 0.740. The second-order valence-electron chi connectivity index (χ2n) is 4.41. The maximum atomic E-state index is 11.7. The summed E-state index contributed by atoms with van der Waals surface area (Å²) in [6.07, 6.45) is 6.10. The average molecular weight is 244 g/mol. The van der Waals surface area contributed by atoms with E-state index in [2.05, 4.69) is 11.6 Å². The molecule has 1 aliphatic carbocycles. The predicted molar refractivity (Wildman–Crippen MR) is 70.9 cm³/mol. The largest absolute Gasteiger partial charge is 0.342 e. The summed E-state index contributed by atoms with van der Waals surface area (Å²) in [5.41, 5.74) is 0. The Labute approximate surface area is 103 Å². The molecule has 1 fully saturated rings. The van der Waals surface area contributed by atoms with Crippen LogP contribution in [0.15, 0.2) is 0 Å². The number of nitrogens with one attached hydrogen (secondary N) is 1. The van der Waals surface area contributed by atoms with E-state index in [1.165, 1.54) is 19.3 Å². The van der Waals surface area contributed by atoms with Crippen molar-refractivity contribution in [2.24, 2.45) is 0 Å². The van der Waals surface area contributed by atoms with Crippen LogP contribution in [0.1, 0.15) is 33.1 Å². The molecule has 0 unspecified atom stereocenters. The summed E-state index contributed by atoms with van der Waals surface area (Å²) in [4.78, 5) is 13.6. The third kappa shape index (κ3) is 3.39. The Balaban J connectivity index is 2.21. The van der Waals surface area contributed by atoms with Crippen LogP contribution >= 0.6 is 11.8 Å². The van der Waals surface area contributed by atoms with Crippen LogP contribution in [0, 0.1) is 0 Å². The minimum Gasteiger partial charge on any atom is -0.342 e. The smallest absolute Gasteiger partial charge is 0.236 e. The summed E-state index contributed by atoms with van der Waals surface area (Å²) >= 11 is 1.94. The number of hydrogen-bond acceptors (Lipinski definition) is 3. The van der Waals surface area contributed by atoms with E-state index in [1.807, 2.05) is 30.5 Å². The van der Waals surface area contributed by atoms with Crippen LogP contribution in [0.25, 0.3) is 0 Å². The highest BCUT2D eigenvalue weighted by molar-refractivity contribution is 8.00. The maximum absolute atomic E-state index is 11.7. The molecule has 0 bridgehead atoms. The molecule has 0 aromatic carbocycles. The van der Waals surface area contributed by atoms with Gasteiger partial charge >= 0.3 is 0 Å². The van der Waals surface area contributed by atoms with Crippen molar-refractivity contribution in [3.05, 3.63) is 0 Å². The van der Waals surface area contributed by atoms with Gasteiger partial charge in [0.05, 0.1) is 6.54 Å². The van der Waals surface area contributed by atoms with Crippen molar-refractivity contribution in [1.82, 2.24) is 10.2 Å². The van der Waals surface area contributed by atoms with E-state index >= 15 is 0 Å². The molecule has 0 radical (unpaired) electrons. The molecule has 0 spiro atoms. The van der Waals surface area contributed by atoms with Gasteiger partial charge in [-0.2, -0.15) is 11.8 Å². The Hall–Kier alpha value is -0.220. The monoisotopic (exact) mass is 244 g/mol. The molecule has 0 aliphatic heterocycles. The first-order valence-electron chi connectivity index (χ1n) is 6.21. The minimum atomic E-state index is 0.223. The van der Waals surface area contributed by atoms with Gasteiger partial charge in [-0.1, -0.05) is 6.42 Å². The van der Waals surface area contributed by atoms with Gasteiger partial charge in [0.1, 0.15) is 0 Å². The highest BCUT2D eigenvalue weighted by Crippen LogP contribution is 2.42. The lowest BCUT2D eigenvalue weighted by Gasteiger charge is -2.40. The fraction of sp³-hybridized carbons (Fsp3) is 0.917. The number of carbonyl (C=O) groups is 1. The zero-order valence-corrected chi connectivity index (χ0v) is 11.5. The van der Waals surface area contributed by atoms with Gasteiger partial charge in [0, 0.05) is 24.4 Å². The number of hydrogen-bond donors (Lipinski definition) is 1. The lowest BCUT2D eigenvalue weighted by molar-refractivity contribution is -0.129. The molecule has 1 saturated carbocycles. The molecule has 16 heavy (non-hydrogen) atoms. The van der Waals surface area contributed by atoms with Gasteiger partial charge in [0.25, 0.3) is 0 Å². The molecule has 4 heteroatoms. The molecule has 3 nitrogen and oxygen atoms in total. The molecule has 1 rings (SSSR count). The van der Waals surface area contributed by atoms with Crippen molar-refractivity contribution in [1.29, 1.82) is 0 Å². The molecule has 0 atom stereocenters. The number of thioether (sulfide) groups is 1. The summed E-state index contributed by atoms with van der Waals surface area (Å²) in [5, 5.41) is 3.32. The van der Waals surface area contributed by atoms with Crippen molar-refractivity contribution in [2.45, 2.75) is 37.9 Å². The van der Waals surface area contributed by atoms with Gasteiger partial charge in [-0.25, -0.2) is 0 Å². The molecule has 94 valence electrons. The van der Waals surface area contributed by atoms with Crippen LogP contribution in [-0.2, 0) is 4.79 Å². The van der Waals surface area contributed by atoms with Crippen LogP contribution in [-0.4, -0.2) is 48.0 Å². The van der Waals surface area contributed by atoms with Crippen molar-refractivity contribution >= 4 is 17.7 Å². The fourth-order valence-corrected chi connectivity index (χ4v) is 3.05. The van der Waals surface area contributed by atoms with Crippen LogP contribution in [0.4, 0.5) is 0 Å². The molecule has 0 aromatic rings. The van der Waals surface area contributed by atoms with Crippen molar-refractivity contribution in [3.63, 3.8) is 0 Å². The second kappa shape index (κ2) is 6.50. The average Bonchev–Trinajstić information content (AvgIpc) is 2.24. The van der Waals surface area contributed by atoms with E-state index in [-0.39, 0.29) is 5.91 Å². The van der Waals surface area contributed by atoms with E-state index < -0.39 is 0 Å². The SMILES string of the molecule is CCN(CC)C(=O)CNCC1(SC)CCC1. The number of carbonyl (C=O) groups excluding carboxylic acids is 1. The zero-order valence-electron chi connectivity index (χ0n) is 10.7. The number of likely N-dealkylation sites (N-methyl/N-ethyl adjacent to an activating group) is 1. The van der Waals surface area contributed by atoms with E-state index in [0.29, 0.717) is 11.3 Å². The molecular weight excluding hydrogens is 220 g/mol. The summed E-state index contributed by atoms with van der Waals surface area (Å²) < 4.78 is 0.420.